The summed E-state index contributed by atoms with van der Waals surface area (Å²) in [5.74, 6) is -1.17. The molecule has 0 saturated carbocycles. The summed E-state index contributed by atoms with van der Waals surface area (Å²) in [4.78, 5) is 28.6. The number of primary amides is 1. The molecule has 6 nitrogen and oxygen atoms in total. The van der Waals surface area contributed by atoms with Gasteiger partial charge >= 0.3 is 0 Å². The Morgan fingerprint density at radius 2 is 1.81 bits per heavy atom. The summed E-state index contributed by atoms with van der Waals surface area (Å²) in [5.41, 5.74) is 7.41. The number of nitrogens with one attached hydrogen (secondary N) is 1. The second-order valence-electron chi connectivity index (χ2n) is 5.79. The molecule has 1 aromatic heterocycles. The molecule has 0 aliphatic heterocycles. The minimum absolute atomic E-state index is 0.137. The topological polar surface area (TPSA) is 109 Å². The quantitative estimate of drug-likeness (QED) is 0.737. The van der Waals surface area contributed by atoms with E-state index < -0.39 is 17.9 Å². The number of fused-ring (bicyclic) bond motifs is 1. The van der Waals surface area contributed by atoms with Crippen molar-refractivity contribution in [2.75, 3.05) is 0 Å². The third kappa shape index (κ3) is 3.68. The van der Waals surface area contributed by atoms with Gasteiger partial charge in [0.2, 0.25) is 5.91 Å². The van der Waals surface area contributed by atoms with E-state index in [4.69, 9.17) is 11.0 Å². The van der Waals surface area contributed by atoms with Gasteiger partial charge in [0, 0.05) is 11.8 Å². The first-order valence-electron chi connectivity index (χ1n) is 8.02. The van der Waals surface area contributed by atoms with E-state index in [1.54, 1.807) is 42.5 Å². The van der Waals surface area contributed by atoms with Crippen LogP contribution in [0.2, 0.25) is 0 Å². The lowest BCUT2D eigenvalue weighted by molar-refractivity contribution is -0.119. The lowest BCUT2D eigenvalue weighted by Gasteiger charge is -2.16. The zero-order chi connectivity index (χ0) is 18.5. The Bertz CT molecular complexity index is 1020. The first-order chi connectivity index (χ1) is 12.6. The number of rotatable bonds is 5. The molecule has 6 heteroatoms. The van der Waals surface area contributed by atoms with Crippen molar-refractivity contribution in [3.63, 3.8) is 0 Å². The number of nitrogens with two attached hydrogens (primary N) is 1. The number of nitriles is 1. The largest absolute Gasteiger partial charge is 0.368 e. The smallest absolute Gasteiger partial charge is 0.270 e. The molecule has 0 aliphatic rings. The molecule has 0 radical (unpaired) electrons. The van der Waals surface area contributed by atoms with Crippen LogP contribution < -0.4 is 11.1 Å². The van der Waals surface area contributed by atoms with Gasteiger partial charge in [-0.05, 0) is 23.8 Å². The molecule has 3 N–H and O–H groups in total. The van der Waals surface area contributed by atoms with E-state index in [2.05, 4.69) is 16.4 Å². The van der Waals surface area contributed by atoms with Crippen molar-refractivity contribution < 1.29 is 9.59 Å². The number of para-hydroxylation sites is 1. The van der Waals surface area contributed by atoms with Crippen LogP contribution in [0.1, 0.15) is 21.6 Å². The molecule has 2 aromatic carbocycles. The van der Waals surface area contributed by atoms with Crippen LogP contribution in [-0.2, 0) is 11.2 Å². The molecular formula is C20H16N4O2. The van der Waals surface area contributed by atoms with E-state index in [1.165, 1.54) is 0 Å². The Morgan fingerprint density at radius 3 is 2.58 bits per heavy atom. The summed E-state index contributed by atoms with van der Waals surface area (Å²) >= 11 is 0. The molecule has 3 rings (SSSR count). The van der Waals surface area contributed by atoms with E-state index >= 15 is 0 Å². The zero-order valence-electron chi connectivity index (χ0n) is 13.8. The van der Waals surface area contributed by atoms with Gasteiger partial charge in [0.15, 0.2) is 0 Å². The Labute approximate surface area is 150 Å². The number of carbonyl (C=O) groups excluding carboxylic acids is 2. The van der Waals surface area contributed by atoms with Crippen molar-refractivity contribution in [1.82, 2.24) is 10.3 Å². The minimum Gasteiger partial charge on any atom is -0.368 e. The average Bonchev–Trinajstić information content (AvgIpc) is 2.67. The Hall–Kier alpha value is -3.72. The summed E-state index contributed by atoms with van der Waals surface area (Å²) in [6.45, 7) is 0. The average molecular weight is 344 g/mol. The standard InChI is InChI=1S/C20H16N4O2/c21-12-15-7-2-1-6-14(15)11-18(19(22)25)24-20(26)17-10-9-13-5-3-4-8-16(13)23-17/h1-10,18H,11H2,(H2,22,25)(H,24,26)/t18-/m1/s1. The Balaban J connectivity index is 1.82. The summed E-state index contributed by atoms with van der Waals surface area (Å²) in [6.07, 6.45) is 0.137. The SMILES string of the molecule is N#Cc1ccccc1C[C@@H](NC(=O)c1ccc2ccccc2n1)C(N)=O. The summed E-state index contributed by atoms with van der Waals surface area (Å²) < 4.78 is 0. The van der Waals surface area contributed by atoms with Crippen molar-refractivity contribution in [1.29, 1.82) is 5.26 Å². The van der Waals surface area contributed by atoms with Gasteiger partial charge in [0.05, 0.1) is 17.1 Å². The van der Waals surface area contributed by atoms with E-state index in [9.17, 15) is 9.59 Å². The minimum atomic E-state index is -0.940. The fourth-order valence-corrected chi connectivity index (χ4v) is 2.67. The molecule has 0 saturated heterocycles. The third-order valence-corrected chi connectivity index (χ3v) is 4.04. The molecule has 1 atom stereocenters. The number of benzene rings is 2. The Morgan fingerprint density at radius 1 is 1.08 bits per heavy atom. The molecule has 26 heavy (non-hydrogen) atoms. The number of aromatic nitrogens is 1. The number of nitrogens with zero attached hydrogens (tertiary/aromatic N) is 2. The van der Waals surface area contributed by atoms with E-state index in [0.29, 0.717) is 16.6 Å². The second kappa shape index (κ2) is 7.45. The molecule has 2 amide bonds. The van der Waals surface area contributed by atoms with Gasteiger partial charge in [-0.1, -0.05) is 42.5 Å². The summed E-state index contributed by atoms with van der Waals surface area (Å²) in [5, 5.41) is 12.7. The molecule has 0 bridgehead atoms. The molecule has 0 unspecified atom stereocenters. The molecule has 3 aromatic rings. The van der Waals surface area contributed by atoms with Crippen molar-refractivity contribution in [3.8, 4) is 6.07 Å². The lowest BCUT2D eigenvalue weighted by atomic mass is 10.0. The van der Waals surface area contributed by atoms with Crippen molar-refractivity contribution in [2.24, 2.45) is 5.73 Å². The van der Waals surface area contributed by atoms with Crippen molar-refractivity contribution in [2.45, 2.75) is 12.5 Å². The summed E-state index contributed by atoms with van der Waals surface area (Å²) in [7, 11) is 0. The van der Waals surface area contributed by atoms with Crippen molar-refractivity contribution in [3.05, 3.63) is 77.5 Å². The van der Waals surface area contributed by atoms with Gasteiger partial charge in [-0.2, -0.15) is 5.26 Å². The first kappa shape index (κ1) is 17.1. The molecular weight excluding hydrogens is 328 g/mol. The van der Waals surface area contributed by atoms with Crippen LogP contribution >= 0.6 is 0 Å². The van der Waals surface area contributed by atoms with Gasteiger partial charge in [0.1, 0.15) is 11.7 Å². The van der Waals surface area contributed by atoms with Gasteiger partial charge < -0.3 is 11.1 Å². The number of hydrogen-bond acceptors (Lipinski definition) is 4. The third-order valence-electron chi connectivity index (χ3n) is 4.04. The van der Waals surface area contributed by atoms with Gasteiger partial charge in [-0.15, -0.1) is 0 Å². The van der Waals surface area contributed by atoms with Crippen LogP contribution in [0.4, 0.5) is 0 Å². The predicted molar refractivity (Wildman–Crippen MR) is 97.1 cm³/mol. The van der Waals surface area contributed by atoms with E-state index in [0.717, 1.165) is 5.39 Å². The summed E-state index contributed by atoms with van der Waals surface area (Å²) in [6, 6.07) is 18.8. The van der Waals surface area contributed by atoms with E-state index in [1.807, 2.05) is 18.2 Å². The Kier molecular flexibility index (Phi) is 4.90. The van der Waals surface area contributed by atoms with Gasteiger partial charge in [-0.3, -0.25) is 9.59 Å². The van der Waals surface area contributed by atoms with Crippen LogP contribution in [0, 0.1) is 11.3 Å². The molecule has 0 aliphatic carbocycles. The predicted octanol–water partition coefficient (Wildman–Crippen LogP) is 1.93. The molecule has 0 fully saturated rings. The lowest BCUT2D eigenvalue weighted by Crippen LogP contribution is -2.46. The number of hydrogen-bond donors (Lipinski definition) is 2. The van der Waals surface area contributed by atoms with Crippen LogP contribution in [0.25, 0.3) is 10.9 Å². The normalized spacial score (nSPS) is 11.5. The van der Waals surface area contributed by atoms with Crippen LogP contribution in [-0.4, -0.2) is 22.8 Å². The first-order valence-corrected chi connectivity index (χ1v) is 8.02. The molecule has 0 spiro atoms. The van der Waals surface area contributed by atoms with Crippen LogP contribution in [0.5, 0.6) is 0 Å². The number of amides is 2. The van der Waals surface area contributed by atoms with Crippen LogP contribution in [0.15, 0.2) is 60.7 Å². The highest BCUT2D eigenvalue weighted by atomic mass is 16.2. The molecule has 128 valence electrons. The highest BCUT2D eigenvalue weighted by Crippen LogP contribution is 2.13. The number of pyridine rings is 1. The fourth-order valence-electron chi connectivity index (χ4n) is 2.67. The highest BCUT2D eigenvalue weighted by molar-refractivity contribution is 5.97. The van der Waals surface area contributed by atoms with Gasteiger partial charge in [0.25, 0.3) is 5.91 Å². The van der Waals surface area contributed by atoms with Gasteiger partial charge in [-0.25, -0.2) is 4.98 Å². The van der Waals surface area contributed by atoms with E-state index in [-0.39, 0.29) is 12.1 Å². The second-order valence-corrected chi connectivity index (χ2v) is 5.79. The van der Waals surface area contributed by atoms with Crippen LogP contribution in [0.3, 0.4) is 0 Å². The fraction of sp³-hybridized carbons (Fsp3) is 0.100. The maximum Gasteiger partial charge on any atom is 0.270 e. The number of carbonyl (C=O) groups is 2. The maximum atomic E-state index is 12.5. The monoisotopic (exact) mass is 344 g/mol. The maximum absolute atomic E-state index is 12.5. The van der Waals surface area contributed by atoms with Crippen molar-refractivity contribution >= 4 is 22.7 Å². The molecule has 1 heterocycles. The highest BCUT2D eigenvalue weighted by Gasteiger charge is 2.21. The zero-order valence-corrected chi connectivity index (χ0v) is 13.8.